The number of likely N-dealkylation sites (N-methyl/N-ethyl adjacent to an activating group) is 1. The minimum absolute atomic E-state index is 0.235. The summed E-state index contributed by atoms with van der Waals surface area (Å²) in [6.07, 6.45) is 4.52. The number of nitrogens with one attached hydrogen (secondary N) is 2. The monoisotopic (exact) mass is 392 g/mol. The number of rotatable bonds is 8. The van der Waals surface area contributed by atoms with Gasteiger partial charge in [0.1, 0.15) is 6.04 Å². The van der Waals surface area contributed by atoms with E-state index in [1.54, 1.807) is 18.4 Å². The Balaban J connectivity index is 2.12. The van der Waals surface area contributed by atoms with Crippen molar-refractivity contribution in [2.45, 2.75) is 12.5 Å². The predicted molar refractivity (Wildman–Crippen MR) is 109 cm³/mol. The van der Waals surface area contributed by atoms with Crippen LogP contribution in [0.3, 0.4) is 0 Å². The zero-order valence-electron chi connectivity index (χ0n) is 16.0. The Morgan fingerprint density at radius 3 is 2.24 bits per heavy atom. The summed E-state index contributed by atoms with van der Waals surface area (Å²) >= 11 is 0. The van der Waals surface area contributed by atoms with Crippen molar-refractivity contribution in [2.75, 3.05) is 13.6 Å². The fraction of sp³-hybridized carbons (Fsp3) is 0.182. The maximum absolute atomic E-state index is 12.6. The Hall–Kier alpha value is -3.74. The van der Waals surface area contributed by atoms with Crippen LogP contribution >= 0.6 is 0 Å². The summed E-state index contributed by atoms with van der Waals surface area (Å²) in [4.78, 5) is 48.8. The van der Waals surface area contributed by atoms with E-state index < -0.39 is 30.4 Å². The van der Waals surface area contributed by atoms with E-state index in [1.165, 1.54) is 19.2 Å². The number of imide groups is 1. The Kier molecular flexibility index (Phi) is 8.31. The van der Waals surface area contributed by atoms with Crippen LogP contribution in [0.1, 0.15) is 11.1 Å². The maximum Gasteiger partial charge on any atom is 0.325 e. The van der Waals surface area contributed by atoms with Crippen molar-refractivity contribution >= 4 is 30.2 Å². The summed E-state index contributed by atoms with van der Waals surface area (Å²) in [5.74, 6) is -1.10. The van der Waals surface area contributed by atoms with Gasteiger partial charge in [0.2, 0.25) is 12.2 Å². The zero-order valence-corrected chi connectivity index (χ0v) is 16.0. The van der Waals surface area contributed by atoms with Crippen molar-refractivity contribution < 1.29 is 19.2 Å². The Labute approximate surface area is 169 Å². The van der Waals surface area contributed by atoms with Crippen molar-refractivity contribution in [1.82, 2.24) is 15.5 Å². The number of hydrogen-bond acceptors (Lipinski definition) is 4. The standard InChI is InChI=1S/C22H22N3O4/c1-23-21(28)19(16-18-10-6-3-7-11-18)24-22(29)25(14-15-26)20(27)13-12-17-8-4-2-5-9-17/h2-13,19H,14,16H2,1H3,(H,23,28)(H,24,29). The van der Waals surface area contributed by atoms with Crippen molar-refractivity contribution in [2.24, 2.45) is 0 Å². The van der Waals surface area contributed by atoms with E-state index in [0.717, 1.165) is 11.1 Å². The van der Waals surface area contributed by atoms with Crippen LogP contribution in [0.25, 0.3) is 6.08 Å². The number of hydrogen-bond donors (Lipinski definition) is 2. The van der Waals surface area contributed by atoms with Gasteiger partial charge in [0.05, 0.1) is 6.54 Å². The maximum atomic E-state index is 12.6. The molecule has 7 nitrogen and oxygen atoms in total. The summed E-state index contributed by atoms with van der Waals surface area (Å²) in [5.41, 5.74) is 1.61. The molecule has 2 N–H and O–H groups in total. The minimum atomic E-state index is -0.907. The molecule has 1 atom stereocenters. The largest absolute Gasteiger partial charge is 0.357 e. The van der Waals surface area contributed by atoms with Crippen molar-refractivity contribution in [3.63, 3.8) is 0 Å². The normalized spacial score (nSPS) is 11.5. The molecule has 0 saturated heterocycles. The van der Waals surface area contributed by atoms with Gasteiger partial charge in [0.25, 0.3) is 5.91 Å². The molecule has 0 aliphatic rings. The molecule has 7 heteroatoms. The van der Waals surface area contributed by atoms with Crippen LogP contribution in [0.4, 0.5) is 4.79 Å². The third kappa shape index (κ3) is 6.73. The highest BCUT2D eigenvalue weighted by molar-refractivity contribution is 6.04. The topological polar surface area (TPSA) is 95.6 Å². The van der Waals surface area contributed by atoms with Crippen LogP contribution in [-0.4, -0.2) is 48.7 Å². The van der Waals surface area contributed by atoms with Gasteiger partial charge in [-0.15, -0.1) is 0 Å². The van der Waals surface area contributed by atoms with Crippen molar-refractivity contribution in [1.29, 1.82) is 0 Å². The number of urea groups is 1. The quantitative estimate of drug-likeness (QED) is 0.669. The molecule has 0 fully saturated rings. The van der Waals surface area contributed by atoms with Gasteiger partial charge in [-0.05, 0) is 17.2 Å². The smallest absolute Gasteiger partial charge is 0.325 e. The highest BCUT2D eigenvalue weighted by Crippen LogP contribution is 2.06. The van der Waals surface area contributed by atoms with Crippen LogP contribution in [0.2, 0.25) is 0 Å². The predicted octanol–water partition coefficient (Wildman–Crippen LogP) is 1.70. The molecule has 0 saturated carbocycles. The van der Waals surface area contributed by atoms with Crippen LogP contribution in [0.15, 0.2) is 66.7 Å². The van der Waals surface area contributed by atoms with Gasteiger partial charge in [0, 0.05) is 19.5 Å². The van der Waals surface area contributed by atoms with Gasteiger partial charge < -0.3 is 10.6 Å². The van der Waals surface area contributed by atoms with Crippen molar-refractivity contribution in [3.05, 3.63) is 77.9 Å². The van der Waals surface area contributed by atoms with E-state index in [-0.39, 0.29) is 6.42 Å². The second-order valence-electron chi connectivity index (χ2n) is 6.12. The Morgan fingerprint density at radius 2 is 1.66 bits per heavy atom. The fourth-order valence-corrected chi connectivity index (χ4v) is 2.60. The first-order chi connectivity index (χ1) is 14.0. The van der Waals surface area contributed by atoms with Crippen LogP contribution in [0, 0.1) is 0 Å². The lowest BCUT2D eigenvalue weighted by molar-refractivity contribution is -0.124. The third-order valence-corrected chi connectivity index (χ3v) is 4.10. The molecule has 2 aromatic carbocycles. The first kappa shape index (κ1) is 21.6. The summed E-state index contributed by atoms with van der Waals surface area (Å²) in [5, 5.41) is 5.01. The molecule has 4 amide bonds. The van der Waals surface area contributed by atoms with Gasteiger partial charge in [-0.1, -0.05) is 60.7 Å². The zero-order chi connectivity index (χ0) is 21.1. The van der Waals surface area contributed by atoms with E-state index in [0.29, 0.717) is 4.90 Å². The third-order valence-electron chi connectivity index (χ3n) is 4.10. The minimum Gasteiger partial charge on any atom is -0.357 e. The summed E-state index contributed by atoms with van der Waals surface area (Å²) < 4.78 is 0. The van der Waals surface area contributed by atoms with Gasteiger partial charge in [-0.3, -0.25) is 19.3 Å². The Bertz CT molecular complexity index is 866. The van der Waals surface area contributed by atoms with Crippen LogP contribution in [0.5, 0.6) is 0 Å². The van der Waals surface area contributed by atoms with Gasteiger partial charge in [-0.25, -0.2) is 4.79 Å². The van der Waals surface area contributed by atoms with E-state index in [4.69, 9.17) is 0 Å². The van der Waals surface area contributed by atoms with Gasteiger partial charge in [0.15, 0.2) is 0 Å². The lowest BCUT2D eigenvalue weighted by atomic mass is 10.1. The van der Waals surface area contributed by atoms with Crippen LogP contribution in [-0.2, 0) is 20.8 Å². The van der Waals surface area contributed by atoms with E-state index in [9.17, 15) is 19.2 Å². The fourth-order valence-electron chi connectivity index (χ4n) is 2.60. The SMILES string of the molecule is CNC(=O)C(Cc1ccccc1)NC(=O)N(C[C]=O)C(=O)C=Cc1ccccc1. The molecule has 0 spiro atoms. The van der Waals surface area contributed by atoms with Gasteiger partial charge >= 0.3 is 6.03 Å². The molecule has 0 heterocycles. The molecule has 0 aliphatic carbocycles. The number of nitrogens with zero attached hydrogens (tertiary/aromatic N) is 1. The average molecular weight is 392 g/mol. The molecule has 149 valence electrons. The van der Waals surface area contributed by atoms with E-state index >= 15 is 0 Å². The van der Waals surface area contributed by atoms with Crippen molar-refractivity contribution in [3.8, 4) is 0 Å². The highest BCUT2D eigenvalue weighted by Gasteiger charge is 2.26. The molecule has 0 bridgehead atoms. The lowest BCUT2D eigenvalue weighted by Crippen LogP contribution is -2.53. The molecule has 0 aliphatic heterocycles. The average Bonchev–Trinajstić information content (AvgIpc) is 2.76. The summed E-state index contributed by atoms with van der Waals surface area (Å²) in [7, 11) is 1.46. The molecule has 0 aromatic heterocycles. The first-order valence-electron chi connectivity index (χ1n) is 9.00. The van der Waals surface area contributed by atoms with E-state index in [1.807, 2.05) is 48.5 Å². The molecule has 2 rings (SSSR count). The molecular weight excluding hydrogens is 370 g/mol. The lowest BCUT2D eigenvalue weighted by Gasteiger charge is -2.22. The number of benzene rings is 2. The number of carbonyl (C=O) groups is 3. The van der Waals surface area contributed by atoms with Gasteiger partial charge in [-0.2, -0.15) is 0 Å². The number of carbonyl (C=O) groups excluding carboxylic acids is 4. The second-order valence-corrected chi connectivity index (χ2v) is 6.12. The molecular formula is C22H22N3O4. The first-order valence-corrected chi connectivity index (χ1v) is 9.00. The molecule has 29 heavy (non-hydrogen) atoms. The Morgan fingerprint density at radius 1 is 1.03 bits per heavy atom. The molecule has 1 radical (unpaired) electrons. The van der Waals surface area contributed by atoms with Crippen LogP contribution < -0.4 is 10.6 Å². The molecule has 1 unspecified atom stereocenters. The second kappa shape index (κ2) is 11.2. The van der Waals surface area contributed by atoms with E-state index in [2.05, 4.69) is 10.6 Å². The number of amides is 4. The molecule has 2 aromatic rings. The summed E-state index contributed by atoms with van der Waals surface area (Å²) in [6, 6.07) is 16.4. The summed E-state index contributed by atoms with van der Waals surface area (Å²) in [6.45, 7) is -0.546. The highest BCUT2D eigenvalue weighted by atomic mass is 16.2.